The van der Waals surface area contributed by atoms with Crippen LogP contribution in [0.2, 0.25) is 0 Å². The van der Waals surface area contributed by atoms with Crippen LogP contribution in [0.5, 0.6) is 5.88 Å². The minimum Gasteiger partial charge on any atom is -0.448 e. The Morgan fingerprint density at radius 1 is 1.14 bits per heavy atom. The van der Waals surface area contributed by atoms with Crippen molar-refractivity contribution in [3.63, 3.8) is 0 Å². The molecule has 1 aromatic heterocycles. The van der Waals surface area contributed by atoms with E-state index in [0.717, 1.165) is 16.9 Å². The van der Waals surface area contributed by atoms with Gasteiger partial charge in [0, 0.05) is 12.5 Å². The number of hydrogen-bond donors (Lipinski definition) is 0. The Labute approximate surface area is 173 Å². The van der Waals surface area contributed by atoms with E-state index in [4.69, 9.17) is 4.74 Å². The van der Waals surface area contributed by atoms with E-state index in [1.165, 1.54) is 18.7 Å². The Morgan fingerprint density at radius 3 is 2.66 bits per heavy atom. The predicted octanol–water partition coefficient (Wildman–Crippen LogP) is 4.44. The molecule has 0 fully saturated rings. The third-order valence-electron chi connectivity index (χ3n) is 4.41. The lowest BCUT2D eigenvalue weighted by Crippen LogP contribution is -2.41. The number of aromatic nitrogens is 3. The summed E-state index contributed by atoms with van der Waals surface area (Å²) in [7, 11) is 0. The highest BCUT2D eigenvalue weighted by atomic mass is 32.2. The van der Waals surface area contributed by atoms with Crippen LogP contribution in [0.4, 0.5) is 5.69 Å². The number of carbonyl (C=O) groups is 1. The van der Waals surface area contributed by atoms with Crippen molar-refractivity contribution in [1.29, 1.82) is 0 Å². The summed E-state index contributed by atoms with van der Waals surface area (Å²) in [5.41, 5.74) is 3.03. The summed E-state index contributed by atoms with van der Waals surface area (Å²) in [6.45, 7) is 3.55. The van der Waals surface area contributed by atoms with Gasteiger partial charge in [-0.3, -0.25) is 9.69 Å². The number of rotatable bonds is 4. The smallest absolute Gasteiger partial charge is 0.247 e. The van der Waals surface area contributed by atoms with Gasteiger partial charge in [-0.1, -0.05) is 73.3 Å². The number of fused-ring (bicyclic) bond motifs is 3. The highest BCUT2D eigenvalue weighted by Crippen LogP contribution is 2.39. The first kappa shape index (κ1) is 19.1. The first-order chi connectivity index (χ1) is 14.2. The second-order valence-corrected chi connectivity index (χ2v) is 7.60. The van der Waals surface area contributed by atoms with E-state index in [9.17, 15) is 4.79 Å². The van der Waals surface area contributed by atoms with Crippen molar-refractivity contribution in [3.05, 3.63) is 66.2 Å². The Hall–Kier alpha value is -3.19. The molecule has 0 N–H and O–H groups in total. The van der Waals surface area contributed by atoms with Crippen LogP contribution in [0.15, 0.2) is 65.8 Å². The number of amides is 1. The van der Waals surface area contributed by atoms with E-state index >= 15 is 0 Å². The van der Waals surface area contributed by atoms with Gasteiger partial charge in [-0.25, -0.2) is 0 Å². The minimum atomic E-state index is -0.661. The molecule has 146 valence electrons. The van der Waals surface area contributed by atoms with Gasteiger partial charge in [0.15, 0.2) is 11.9 Å². The molecule has 0 spiro atoms. The van der Waals surface area contributed by atoms with E-state index in [1.807, 2.05) is 73.7 Å². The lowest BCUT2D eigenvalue weighted by atomic mass is 10.1. The molecule has 0 aliphatic carbocycles. The van der Waals surface area contributed by atoms with E-state index in [-0.39, 0.29) is 5.91 Å². The van der Waals surface area contributed by atoms with E-state index in [1.54, 1.807) is 4.90 Å². The molecule has 2 aromatic carbocycles. The van der Waals surface area contributed by atoms with Gasteiger partial charge >= 0.3 is 0 Å². The monoisotopic (exact) mass is 404 g/mol. The molecule has 0 bridgehead atoms. The Morgan fingerprint density at radius 2 is 1.90 bits per heavy atom. The fourth-order valence-corrected chi connectivity index (χ4v) is 3.66. The average molecular weight is 404 g/mol. The highest BCUT2D eigenvalue weighted by Gasteiger charge is 2.32. The van der Waals surface area contributed by atoms with Crippen LogP contribution in [0, 0.1) is 0 Å². The van der Waals surface area contributed by atoms with Gasteiger partial charge in [-0.15, -0.1) is 10.2 Å². The quantitative estimate of drug-likeness (QED) is 0.599. The van der Waals surface area contributed by atoms with Crippen LogP contribution in [0.1, 0.15) is 19.4 Å². The molecule has 2 heterocycles. The normalized spacial score (nSPS) is 15.4. The number of nitrogens with zero attached hydrogens (tertiary/aromatic N) is 4. The number of benzene rings is 2. The fourth-order valence-electron chi connectivity index (χ4n) is 3.16. The van der Waals surface area contributed by atoms with Crippen molar-refractivity contribution in [2.45, 2.75) is 25.2 Å². The number of anilines is 1. The summed E-state index contributed by atoms with van der Waals surface area (Å²) in [4.78, 5) is 18.8. The van der Waals surface area contributed by atoms with Crippen molar-refractivity contribution >= 4 is 29.4 Å². The molecule has 0 radical (unpaired) electrons. The summed E-state index contributed by atoms with van der Waals surface area (Å²) in [5.74, 6) is 1.06. The van der Waals surface area contributed by atoms with Crippen molar-refractivity contribution in [2.24, 2.45) is 0 Å². The molecule has 1 aliphatic heterocycles. The van der Waals surface area contributed by atoms with E-state index in [0.29, 0.717) is 22.4 Å². The minimum absolute atomic E-state index is 0.135. The van der Waals surface area contributed by atoms with E-state index < -0.39 is 6.23 Å². The van der Waals surface area contributed by atoms with Gasteiger partial charge in [0.05, 0.1) is 5.69 Å². The first-order valence-corrected chi connectivity index (χ1v) is 10.3. The zero-order valence-electron chi connectivity index (χ0n) is 16.1. The second kappa shape index (κ2) is 8.45. The first-order valence-electron chi connectivity index (χ1n) is 9.34. The fraction of sp³-hybridized carbons (Fsp3) is 0.182. The summed E-state index contributed by atoms with van der Waals surface area (Å²) >= 11 is 1.49. The van der Waals surface area contributed by atoms with Crippen LogP contribution >= 0.6 is 11.8 Å². The van der Waals surface area contributed by atoms with Gasteiger partial charge < -0.3 is 4.74 Å². The molecule has 1 aliphatic rings. The average Bonchev–Trinajstić information content (AvgIpc) is 2.87. The van der Waals surface area contributed by atoms with Gasteiger partial charge in [-0.05, 0) is 23.5 Å². The van der Waals surface area contributed by atoms with Crippen LogP contribution in [-0.2, 0) is 4.79 Å². The summed E-state index contributed by atoms with van der Waals surface area (Å²) in [6, 6.07) is 17.5. The Balaban J connectivity index is 1.84. The number of para-hydroxylation sites is 1. The molecule has 3 aromatic rings. The van der Waals surface area contributed by atoms with Crippen molar-refractivity contribution in [3.8, 4) is 17.1 Å². The molecule has 0 saturated carbocycles. The van der Waals surface area contributed by atoms with Crippen LogP contribution in [0.3, 0.4) is 0 Å². The zero-order valence-corrected chi connectivity index (χ0v) is 17.0. The second-order valence-electron chi connectivity index (χ2n) is 6.37. The summed E-state index contributed by atoms with van der Waals surface area (Å²) in [5, 5.41) is 9.12. The van der Waals surface area contributed by atoms with E-state index in [2.05, 4.69) is 15.2 Å². The maximum absolute atomic E-state index is 12.6. The maximum Gasteiger partial charge on any atom is 0.247 e. The van der Waals surface area contributed by atoms with Crippen LogP contribution in [0.25, 0.3) is 17.3 Å². The SMILES string of the molecule is CCSc1nnc2c(n1)OC(C=Cc1ccccc1)N(C(C)=O)c1ccccc1-2. The van der Waals surface area contributed by atoms with Crippen molar-refractivity contribution < 1.29 is 9.53 Å². The number of carbonyl (C=O) groups excluding carboxylic acids is 1. The Bertz CT molecular complexity index is 1060. The van der Waals surface area contributed by atoms with Gasteiger partial charge in [0.25, 0.3) is 0 Å². The molecule has 1 unspecified atom stereocenters. The standard InChI is InChI=1S/C22H20N4O2S/c1-3-29-22-23-21-20(24-25-22)17-11-7-8-12-18(17)26(15(2)27)19(28-21)14-13-16-9-5-4-6-10-16/h4-14,19H,3H2,1-2H3. The van der Waals surface area contributed by atoms with Crippen molar-refractivity contribution in [2.75, 3.05) is 10.7 Å². The molecule has 0 saturated heterocycles. The number of hydrogen-bond acceptors (Lipinski definition) is 6. The topological polar surface area (TPSA) is 68.2 Å². The lowest BCUT2D eigenvalue weighted by Gasteiger charge is -2.27. The predicted molar refractivity (Wildman–Crippen MR) is 115 cm³/mol. The van der Waals surface area contributed by atoms with Gasteiger partial charge in [-0.2, -0.15) is 4.98 Å². The van der Waals surface area contributed by atoms with Crippen LogP contribution < -0.4 is 9.64 Å². The molecule has 6 nitrogen and oxygen atoms in total. The molecular formula is C22H20N4O2S. The Kier molecular flexibility index (Phi) is 5.57. The maximum atomic E-state index is 12.6. The number of thioether (sulfide) groups is 1. The largest absolute Gasteiger partial charge is 0.448 e. The molecule has 29 heavy (non-hydrogen) atoms. The summed E-state index contributed by atoms with van der Waals surface area (Å²) in [6.07, 6.45) is 3.13. The summed E-state index contributed by atoms with van der Waals surface area (Å²) < 4.78 is 6.21. The van der Waals surface area contributed by atoms with Gasteiger partial charge in [0.1, 0.15) is 0 Å². The zero-order chi connectivity index (χ0) is 20.2. The third kappa shape index (κ3) is 4.00. The molecule has 7 heteroatoms. The third-order valence-corrected chi connectivity index (χ3v) is 5.13. The van der Waals surface area contributed by atoms with Crippen LogP contribution in [-0.4, -0.2) is 33.1 Å². The number of ether oxygens (including phenoxy) is 1. The van der Waals surface area contributed by atoms with Gasteiger partial charge in [0.2, 0.25) is 16.9 Å². The molecular weight excluding hydrogens is 384 g/mol. The molecule has 1 amide bonds. The highest BCUT2D eigenvalue weighted by molar-refractivity contribution is 7.99. The molecule has 4 rings (SSSR count). The van der Waals surface area contributed by atoms with Crippen molar-refractivity contribution in [1.82, 2.24) is 15.2 Å². The molecule has 1 atom stereocenters. The lowest BCUT2D eigenvalue weighted by molar-refractivity contribution is -0.117.